The number of pyridine rings is 1. The van der Waals surface area contributed by atoms with Gasteiger partial charge in [0, 0.05) is 12.1 Å². The summed E-state index contributed by atoms with van der Waals surface area (Å²) in [6.45, 7) is 5.39. The first-order valence-corrected chi connectivity index (χ1v) is 13.5. The van der Waals surface area contributed by atoms with Crippen molar-refractivity contribution in [1.29, 1.82) is 5.26 Å². The molecule has 0 spiro atoms. The topological polar surface area (TPSA) is 199 Å². The second kappa shape index (κ2) is 11.1. The van der Waals surface area contributed by atoms with Crippen molar-refractivity contribution in [2.75, 3.05) is 0 Å². The Bertz CT molecular complexity index is 1460. The van der Waals surface area contributed by atoms with Crippen LogP contribution < -0.4 is 5.56 Å². The SMILES string of the molecule is CCCCC(CC)Cn1c(O)c(C#N)c(C)c(N=Nc2cc(S(=O)(=O)O)ccc2S(=O)(=O)O)c1=O. The molecular formula is C21H26N4O8S2. The van der Waals surface area contributed by atoms with Crippen LogP contribution in [0.25, 0.3) is 0 Å². The molecule has 0 saturated carbocycles. The van der Waals surface area contributed by atoms with Gasteiger partial charge in [-0.2, -0.15) is 22.1 Å². The molecule has 3 N–H and O–H groups in total. The summed E-state index contributed by atoms with van der Waals surface area (Å²) in [5, 5.41) is 27.5. The fourth-order valence-electron chi connectivity index (χ4n) is 3.46. The molecule has 0 aliphatic carbocycles. The maximum Gasteiger partial charge on any atom is 0.296 e. The third-order valence-corrected chi connectivity index (χ3v) is 7.27. The number of rotatable bonds is 10. The Hall–Kier alpha value is -3.12. The second-order valence-corrected chi connectivity index (χ2v) is 10.7. The van der Waals surface area contributed by atoms with E-state index < -0.39 is 47.2 Å². The Morgan fingerprint density at radius 3 is 2.29 bits per heavy atom. The van der Waals surface area contributed by atoms with Crippen molar-refractivity contribution in [3.8, 4) is 11.9 Å². The summed E-state index contributed by atoms with van der Waals surface area (Å²) >= 11 is 0. The van der Waals surface area contributed by atoms with Gasteiger partial charge in [-0.3, -0.25) is 18.5 Å². The molecule has 1 aromatic heterocycles. The molecule has 1 heterocycles. The van der Waals surface area contributed by atoms with E-state index in [0.29, 0.717) is 18.6 Å². The van der Waals surface area contributed by atoms with E-state index in [0.717, 1.165) is 29.9 Å². The van der Waals surface area contributed by atoms with Crippen molar-refractivity contribution in [1.82, 2.24) is 4.57 Å². The first-order chi connectivity index (χ1) is 16.3. The molecule has 2 rings (SSSR count). The van der Waals surface area contributed by atoms with E-state index in [9.17, 15) is 41.1 Å². The summed E-state index contributed by atoms with van der Waals surface area (Å²) in [5.41, 5.74) is -2.12. The van der Waals surface area contributed by atoms with Crippen molar-refractivity contribution in [2.24, 2.45) is 16.1 Å². The smallest absolute Gasteiger partial charge is 0.296 e. The maximum atomic E-state index is 13.2. The highest BCUT2D eigenvalue weighted by Gasteiger charge is 2.23. The summed E-state index contributed by atoms with van der Waals surface area (Å²) < 4.78 is 66.0. The Labute approximate surface area is 203 Å². The molecule has 14 heteroatoms. The van der Waals surface area contributed by atoms with Gasteiger partial charge >= 0.3 is 0 Å². The van der Waals surface area contributed by atoms with Crippen LogP contribution in [0.15, 0.2) is 43.0 Å². The predicted octanol–water partition coefficient (Wildman–Crippen LogP) is 3.86. The van der Waals surface area contributed by atoms with Gasteiger partial charge in [-0.1, -0.05) is 33.1 Å². The van der Waals surface area contributed by atoms with E-state index in [2.05, 4.69) is 10.2 Å². The van der Waals surface area contributed by atoms with Crippen LogP contribution in [0, 0.1) is 24.2 Å². The van der Waals surface area contributed by atoms with Gasteiger partial charge in [-0.15, -0.1) is 10.2 Å². The standard InChI is InChI=1S/C21H26N4O8S2/c1-4-6-7-14(5-2)12-25-20(26)16(11-22)13(3)19(21(25)27)24-23-17-10-15(34(28,29)30)8-9-18(17)35(31,32)33/h8-10,14,26H,4-7,12H2,1-3H3,(H,28,29,30)(H,31,32,33). The van der Waals surface area contributed by atoms with Gasteiger partial charge in [0.25, 0.3) is 25.8 Å². The van der Waals surface area contributed by atoms with Gasteiger partial charge < -0.3 is 5.11 Å². The molecular weight excluding hydrogens is 500 g/mol. The first-order valence-electron chi connectivity index (χ1n) is 10.6. The minimum atomic E-state index is -4.88. The van der Waals surface area contributed by atoms with Gasteiger partial charge in [0.2, 0.25) is 5.88 Å². The Kier molecular flexibility index (Phi) is 8.90. The molecule has 0 saturated heterocycles. The third kappa shape index (κ3) is 6.51. The van der Waals surface area contributed by atoms with Crippen LogP contribution in [0.4, 0.5) is 11.4 Å². The Morgan fingerprint density at radius 2 is 1.77 bits per heavy atom. The predicted molar refractivity (Wildman–Crippen MR) is 125 cm³/mol. The number of azo groups is 1. The van der Waals surface area contributed by atoms with Crippen molar-refractivity contribution < 1.29 is 31.0 Å². The van der Waals surface area contributed by atoms with E-state index in [-0.39, 0.29) is 29.3 Å². The average Bonchev–Trinajstić information content (AvgIpc) is 2.77. The van der Waals surface area contributed by atoms with Crippen molar-refractivity contribution in [2.45, 2.75) is 62.8 Å². The molecule has 12 nitrogen and oxygen atoms in total. The Balaban J connectivity index is 2.73. The van der Waals surface area contributed by atoms with E-state index in [4.69, 9.17) is 0 Å². The molecule has 1 unspecified atom stereocenters. The summed E-state index contributed by atoms with van der Waals surface area (Å²) in [4.78, 5) is 11.6. The number of aromatic nitrogens is 1. The normalized spacial score (nSPS) is 13.1. The van der Waals surface area contributed by atoms with E-state index in [1.165, 1.54) is 6.92 Å². The van der Waals surface area contributed by atoms with Crippen LogP contribution >= 0.6 is 0 Å². The van der Waals surface area contributed by atoms with E-state index in [1.807, 2.05) is 19.9 Å². The minimum absolute atomic E-state index is 0.0233. The van der Waals surface area contributed by atoms with Gasteiger partial charge in [-0.25, -0.2) is 0 Å². The van der Waals surface area contributed by atoms with Crippen molar-refractivity contribution >= 4 is 31.6 Å². The number of nitrogens with zero attached hydrogens (tertiary/aromatic N) is 4. The zero-order chi connectivity index (χ0) is 26.6. The van der Waals surface area contributed by atoms with Crippen LogP contribution in [0.1, 0.15) is 50.7 Å². The summed E-state index contributed by atoms with van der Waals surface area (Å²) in [6.07, 6.45) is 3.33. The van der Waals surface area contributed by atoms with Gasteiger partial charge in [0.1, 0.15) is 22.2 Å². The lowest BCUT2D eigenvalue weighted by atomic mass is 9.99. The molecule has 0 amide bonds. The maximum absolute atomic E-state index is 13.2. The molecule has 1 aromatic carbocycles. The van der Waals surface area contributed by atoms with Crippen LogP contribution in [0.5, 0.6) is 5.88 Å². The van der Waals surface area contributed by atoms with Gasteiger partial charge in [0.05, 0.1) is 4.90 Å². The van der Waals surface area contributed by atoms with Gasteiger partial charge in [-0.05, 0) is 37.5 Å². The molecule has 0 aliphatic rings. The zero-order valence-electron chi connectivity index (χ0n) is 19.3. The molecule has 1 atom stereocenters. The number of unbranched alkanes of at least 4 members (excludes halogenated alkanes) is 1. The fraction of sp³-hybridized carbons (Fsp3) is 0.429. The monoisotopic (exact) mass is 526 g/mol. The molecule has 2 aromatic rings. The van der Waals surface area contributed by atoms with Crippen LogP contribution in [0.3, 0.4) is 0 Å². The molecule has 0 bridgehead atoms. The average molecular weight is 527 g/mol. The van der Waals surface area contributed by atoms with E-state index in [1.54, 1.807) is 0 Å². The second-order valence-electron chi connectivity index (χ2n) is 7.90. The molecule has 35 heavy (non-hydrogen) atoms. The molecule has 190 valence electrons. The zero-order valence-corrected chi connectivity index (χ0v) is 21.0. The summed E-state index contributed by atoms with van der Waals surface area (Å²) in [6, 6.07) is 3.91. The quantitative estimate of drug-likeness (QED) is 0.303. The highest BCUT2D eigenvalue weighted by atomic mass is 32.2. The molecule has 0 radical (unpaired) electrons. The number of hydrogen-bond acceptors (Lipinski definition) is 9. The minimum Gasteiger partial charge on any atom is -0.493 e. The lowest BCUT2D eigenvalue weighted by molar-refractivity contribution is 0.339. The number of benzene rings is 1. The van der Waals surface area contributed by atoms with Crippen LogP contribution in [0.2, 0.25) is 0 Å². The number of nitriles is 1. The third-order valence-electron chi connectivity index (χ3n) is 5.52. The first kappa shape index (κ1) is 28.1. The Morgan fingerprint density at radius 1 is 1.11 bits per heavy atom. The summed E-state index contributed by atoms with van der Waals surface area (Å²) in [5.74, 6) is -0.508. The lowest BCUT2D eigenvalue weighted by Crippen LogP contribution is -2.25. The van der Waals surface area contributed by atoms with Crippen LogP contribution in [-0.2, 0) is 26.8 Å². The molecule has 0 fully saturated rings. The summed E-state index contributed by atoms with van der Waals surface area (Å²) in [7, 11) is -9.64. The number of hydrogen-bond donors (Lipinski definition) is 3. The highest BCUT2D eigenvalue weighted by Crippen LogP contribution is 2.31. The highest BCUT2D eigenvalue weighted by molar-refractivity contribution is 7.86. The van der Waals surface area contributed by atoms with E-state index >= 15 is 0 Å². The van der Waals surface area contributed by atoms with Crippen LogP contribution in [-0.4, -0.2) is 35.6 Å². The van der Waals surface area contributed by atoms with Crippen molar-refractivity contribution in [3.63, 3.8) is 0 Å². The molecule has 0 aliphatic heterocycles. The largest absolute Gasteiger partial charge is 0.493 e. The lowest BCUT2D eigenvalue weighted by Gasteiger charge is -2.19. The van der Waals surface area contributed by atoms with Gasteiger partial charge in [0.15, 0.2) is 5.69 Å². The fourth-order valence-corrected chi connectivity index (χ4v) is 4.56. The van der Waals surface area contributed by atoms with Crippen molar-refractivity contribution in [3.05, 3.63) is 39.7 Å². The number of aromatic hydroxyl groups is 1.